The molecule has 1 heterocycles. The zero-order chi connectivity index (χ0) is 20.6. The lowest BCUT2D eigenvalue weighted by molar-refractivity contribution is -0.135. The summed E-state index contributed by atoms with van der Waals surface area (Å²) in [6.07, 6.45) is 5.42. The first-order valence-corrected chi connectivity index (χ1v) is 10.9. The first-order valence-electron chi connectivity index (χ1n) is 10.9. The third kappa shape index (κ3) is 3.92. The molecule has 0 N–H and O–H groups in total. The van der Waals surface area contributed by atoms with E-state index in [1.165, 1.54) is 31.2 Å². The topological polar surface area (TPSA) is 35.5 Å². The van der Waals surface area contributed by atoms with Gasteiger partial charge in [0.05, 0.1) is 13.5 Å². The minimum absolute atomic E-state index is 0.0349. The number of esters is 1. The van der Waals surface area contributed by atoms with E-state index in [0.29, 0.717) is 12.2 Å². The summed E-state index contributed by atoms with van der Waals surface area (Å²) in [5, 5.41) is 0. The van der Waals surface area contributed by atoms with Gasteiger partial charge in [0.25, 0.3) is 0 Å². The zero-order valence-electron chi connectivity index (χ0n) is 18.0. The van der Waals surface area contributed by atoms with Gasteiger partial charge in [-0.05, 0) is 72.3 Å². The minimum Gasteiger partial charge on any atom is -0.497 e. The number of ether oxygens (including phenoxy) is 2. The summed E-state index contributed by atoms with van der Waals surface area (Å²) in [5.41, 5.74) is 3.86. The van der Waals surface area contributed by atoms with E-state index in [2.05, 4.69) is 45.0 Å². The Morgan fingerprint density at radius 2 is 1.76 bits per heavy atom. The molecule has 2 aromatic carbocycles. The number of carbonyl (C=O) groups excluding carboxylic acids is 1. The Balaban J connectivity index is 1.66. The molecule has 3 nitrogen and oxygen atoms in total. The monoisotopic (exact) mass is 392 g/mol. The largest absolute Gasteiger partial charge is 0.497 e. The van der Waals surface area contributed by atoms with Crippen LogP contribution >= 0.6 is 0 Å². The molecule has 2 aromatic rings. The molecular formula is C26H32O3. The van der Waals surface area contributed by atoms with Gasteiger partial charge in [-0.1, -0.05) is 45.0 Å². The van der Waals surface area contributed by atoms with Crippen LogP contribution in [-0.4, -0.2) is 13.1 Å². The molecular weight excluding hydrogens is 360 g/mol. The van der Waals surface area contributed by atoms with Crippen molar-refractivity contribution >= 4 is 5.97 Å². The summed E-state index contributed by atoms with van der Waals surface area (Å²) in [7, 11) is 1.67. The highest BCUT2D eigenvalue weighted by Gasteiger charge is 2.36. The molecule has 1 atom stereocenters. The Kier molecular flexibility index (Phi) is 5.42. The SMILES string of the molecule is COc1ccc(C2CC(=O)Oc3ccc(C4(C)CCC(C(C)C)CC4)cc32)cc1. The van der Waals surface area contributed by atoms with E-state index in [1.54, 1.807) is 7.11 Å². The zero-order valence-corrected chi connectivity index (χ0v) is 18.0. The second-order valence-electron chi connectivity index (χ2n) is 9.40. The highest BCUT2D eigenvalue weighted by atomic mass is 16.5. The van der Waals surface area contributed by atoms with Crippen LogP contribution in [0.4, 0.5) is 0 Å². The molecule has 1 fully saturated rings. The highest BCUT2D eigenvalue weighted by Crippen LogP contribution is 2.46. The van der Waals surface area contributed by atoms with Gasteiger partial charge in [-0.25, -0.2) is 0 Å². The van der Waals surface area contributed by atoms with E-state index in [9.17, 15) is 4.79 Å². The summed E-state index contributed by atoms with van der Waals surface area (Å²) >= 11 is 0. The molecule has 3 heteroatoms. The van der Waals surface area contributed by atoms with Crippen molar-refractivity contribution in [3.05, 3.63) is 59.2 Å². The van der Waals surface area contributed by atoms with Crippen LogP contribution in [0.3, 0.4) is 0 Å². The Hall–Kier alpha value is -2.29. The number of carbonyl (C=O) groups is 1. The first kappa shape index (κ1) is 20.0. The van der Waals surface area contributed by atoms with Crippen LogP contribution in [-0.2, 0) is 10.2 Å². The van der Waals surface area contributed by atoms with E-state index >= 15 is 0 Å². The molecule has 0 radical (unpaired) electrons. The van der Waals surface area contributed by atoms with Crippen molar-refractivity contribution in [3.63, 3.8) is 0 Å². The number of methoxy groups -OCH3 is 1. The molecule has 0 saturated heterocycles. The van der Waals surface area contributed by atoms with Crippen LogP contribution in [0.5, 0.6) is 11.5 Å². The van der Waals surface area contributed by atoms with Crippen molar-refractivity contribution in [1.82, 2.24) is 0 Å². The number of rotatable bonds is 4. The van der Waals surface area contributed by atoms with E-state index in [4.69, 9.17) is 9.47 Å². The Morgan fingerprint density at radius 1 is 1.07 bits per heavy atom. The van der Waals surface area contributed by atoms with Crippen LogP contribution in [0.2, 0.25) is 0 Å². The van der Waals surface area contributed by atoms with Crippen LogP contribution in [0.25, 0.3) is 0 Å². The normalized spacial score (nSPS) is 26.7. The van der Waals surface area contributed by atoms with E-state index in [1.807, 2.05) is 18.2 Å². The Labute approximate surface area is 174 Å². The molecule has 1 aliphatic carbocycles. The molecule has 29 heavy (non-hydrogen) atoms. The third-order valence-corrected chi connectivity index (χ3v) is 7.27. The minimum atomic E-state index is -0.158. The third-order valence-electron chi connectivity index (χ3n) is 7.27. The second-order valence-corrected chi connectivity index (χ2v) is 9.40. The van der Waals surface area contributed by atoms with Gasteiger partial charge in [0.15, 0.2) is 0 Å². The summed E-state index contributed by atoms with van der Waals surface area (Å²) in [4.78, 5) is 12.2. The molecule has 4 rings (SSSR count). The summed E-state index contributed by atoms with van der Waals surface area (Å²) in [6.45, 7) is 7.10. The molecule has 2 aliphatic rings. The smallest absolute Gasteiger partial charge is 0.312 e. The van der Waals surface area contributed by atoms with Crippen LogP contribution in [0, 0.1) is 11.8 Å². The summed E-state index contributed by atoms with van der Waals surface area (Å²) in [5.74, 6) is 3.03. The molecule has 0 spiro atoms. The van der Waals surface area contributed by atoms with Gasteiger partial charge in [0.1, 0.15) is 11.5 Å². The van der Waals surface area contributed by atoms with Gasteiger partial charge >= 0.3 is 5.97 Å². The maximum atomic E-state index is 12.2. The van der Waals surface area contributed by atoms with Crippen molar-refractivity contribution in [2.45, 2.75) is 64.2 Å². The number of fused-ring (bicyclic) bond motifs is 1. The Bertz CT molecular complexity index is 873. The maximum Gasteiger partial charge on any atom is 0.312 e. The molecule has 0 aromatic heterocycles. The Morgan fingerprint density at radius 3 is 2.38 bits per heavy atom. The average Bonchev–Trinajstić information content (AvgIpc) is 2.73. The van der Waals surface area contributed by atoms with Gasteiger partial charge in [-0.15, -0.1) is 0 Å². The molecule has 154 valence electrons. The van der Waals surface area contributed by atoms with Gasteiger partial charge in [-0.3, -0.25) is 4.79 Å². The average molecular weight is 393 g/mol. The van der Waals surface area contributed by atoms with Crippen molar-refractivity contribution in [3.8, 4) is 11.5 Å². The standard InChI is InChI=1S/C26H32O3/c1-17(2)18-11-13-26(3,14-12-18)20-7-10-24-23(15-20)22(16-25(27)29-24)19-5-8-21(28-4)9-6-19/h5-10,15,17-18,22H,11-14,16H2,1-4H3. The molecule has 1 aliphatic heterocycles. The molecule has 1 unspecified atom stereocenters. The summed E-state index contributed by atoms with van der Waals surface area (Å²) in [6, 6.07) is 14.6. The predicted octanol–water partition coefficient (Wildman–Crippen LogP) is 6.24. The molecule has 0 bridgehead atoms. The van der Waals surface area contributed by atoms with Gasteiger partial charge in [0, 0.05) is 11.5 Å². The first-order chi connectivity index (χ1) is 13.9. The van der Waals surface area contributed by atoms with Crippen LogP contribution in [0.1, 0.15) is 75.5 Å². The van der Waals surface area contributed by atoms with Crippen molar-refractivity contribution < 1.29 is 14.3 Å². The van der Waals surface area contributed by atoms with Gasteiger partial charge < -0.3 is 9.47 Å². The highest BCUT2D eigenvalue weighted by molar-refractivity contribution is 5.77. The number of benzene rings is 2. The fraction of sp³-hybridized carbons (Fsp3) is 0.500. The van der Waals surface area contributed by atoms with Crippen molar-refractivity contribution in [2.75, 3.05) is 7.11 Å². The van der Waals surface area contributed by atoms with Crippen molar-refractivity contribution in [2.24, 2.45) is 11.8 Å². The van der Waals surface area contributed by atoms with Gasteiger partial charge in [0.2, 0.25) is 0 Å². The van der Waals surface area contributed by atoms with Crippen molar-refractivity contribution in [1.29, 1.82) is 0 Å². The van der Waals surface area contributed by atoms with Crippen LogP contribution < -0.4 is 9.47 Å². The molecule has 1 saturated carbocycles. The van der Waals surface area contributed by atoms with E-state index in [-0.39, 0.29) is 17.3 Å². The predicted molar refractivity (Wildman–Crippen MR) is 116 cm³/mol. The van der Waals surface area contributed by atoms with E-state index < -0.39 is 0 Å². The van der Waals surface area contributed by atoms with Gasteiger partial charge in [-0.2, -0.15) is 0 Å². The fourth-order valence-corrected chi connectivity index (χ4v) is 5.10. The second kappa shape index (κ2) is 7.85. The number of hydrogen-bond donors (Lipinski definition) is 0. The number of hydrogen-bond acceptors (Lipinski definition) is 3. The fourth-order valence-electron chi connectivity index (χ4n) is 5.10. The molecule has 0 amide bonds. The lowest BCUT2D eigenvalue weighted by Crippen LogP contribution is -2.31. The summed E-state index contributed by atoms with van der Waals surface area (Å²) < 4.78 is 10.9. The lowest BCUT2D eigenvalue weighted by atomic mass is 9.65. The quantitative estimate of drug-likeness (QED) is 0.456. The lowest BCUT2D eigenvalue weighted by Gasteiger charge is -2.40. The van der Waals surface area contributed by atoms with Crippen LogP contribution in [0.15, 0.2) is 42.5 Å². The van der Waals surface area contributed by atoms with E-state index in [0.717, 1.165) is 28.7 Å². The maximum absolute atomic E-state index is 12.2.